The largest absolute Gasteiger partial charge is 0.497 e. The van der Waals surface area contributed by atoms with Crippen molar-refractivity contribution < 1.29 is 14.3 Å². The Kier molecular flexibility index (Phi) is 6.68. The first-order valence-electron chi connectivity index (χ1n) is 8.38. The molecule has 0 spiro atoms. The van der Waals surface area contributed by atoms with Crippen molar-refractivity contribution >= 4 is 28.8 Å². The Morgan fingerprint density at radius 1 is 1.11 bits per heavy atom. The number of ether oxygens (including phenoxy) is 2. The number of hydrogen-bond acceptors (Lipinski definition) is 5. The van der Waals surface area contributed by atoms with Gasteiger partial charge in [-0.15, -0.1) is 11.3 Å². The molecule has 1 N–H and O–H groups in total. The molecule has 27 heavy (non-hydrogen) atoms. The van der Waals surface area contributed by atoms with Gasteiger partial charge < -0.3 is 14.8 Å². The molecule has 0 bridgehead atoms. The molecule has 1 aromatic heterocycles. The molecule has 0 aliphatic rings. The smallest absolute Gasteiger partial charge is 0.257 e. The molecule has 1 heterocycles. The fourth-order valence-corrected chi connectivity index (χ4v) is 3.29. The number of amides is 1. The number of thiazole rings is 1. The predicted octanol–water partition coefficient (Wildman–Crippen LogP) is 4.21. The van der Waals surface area contributed by atoms with Gasteiger partial charge in [0, 0.05) is 28.9 Å². The highest BCUT2D eigenvalue weighted by molar-refractivity contribution is 7.09. The summed E-state index contributed by atoms with van der Waals surface area (Å²) in [5, 5.41) is 6.45. The van der Waals surface area contributed by atoms with Gasteiger partial charge >= 0.3 is 0 Å². The summed E-state index contributed by atoms with van der Waals surface area (Å²) >= 11 is 7.39. The van der Waals surface area contributed by atoms with Crippen LogP contribution in [-0.2, 0) is 11.2 Å². The van der Waals surface area contributed by atoms with E-state index >= 15 is 0 Å². The molecule has 0 unspecified atom stereocenters. The quantitative estimate of drug-likeness (QED) is 0.613. The first-order chi connectivity index (χ1) is 13.1. The normalized spacial score (nSPS) is 10.4. The summed E-state index contributed by atoms with van der Waals surface area (Å²) in [6.45, 7) is 0.481. The Bertz CT molecular complexity index is 879. The van der Waals surface area contributed by atoms with Gasteiger partial charge in [0.15, 0.2) is 6.61 Å². The SMILES string of the molecule is COc1ccc(-c2csc(CCNC(=O)COc3ccc(Cl)cc3)n2)cc1. The number of aromatic nitrogens is 1. The number of halogens is 1. The molecule has 7 heteroatoms. The molecule has 2 aromatic carbocycles. The Labute approximate surface area is 166 Å². The van der Waals surface area contributed by atoms with Crippen molar-refractivity contribution in [2.75, 3.05) is 20.3 Å². The Balaban J connectivity index is 1.43. The highest BCUT2D eigenvalue weighted by Gasteiger charge is 2.07. The van der Waals surface area contributed by atoms with Gasteiger partial charge in [-0.2, -0.15) is 0 Å². The molecule has 0 fully saturated rings. The van der Waals surface area contributed by atoms with Crippen LogP contribution in [0.4, 0.5) is 0 Å². The Morgan fingerprint density at radius 2 is 1.81 bits per heavy atom. The van der Waals surface area contributed by atoms with Crippen molar-refractivity contribution in [2.45, 2.75) is 6.42 Å². The number of hydrogen-bond donors (Lipinski definition) is 1. The van der Waals surface area contributed by atoms with Crippen LogP contribution in [0, 0.1) is 0 Å². The number of methoxy groups -OCH3 is 1. The van der Waals surface area contributed by atoms with Gasteiger partial charge in [0.05, 0.1) is 17.8 Å². The zero-order valence-electron chi connectivity index (χ0n) is 14.8. The molecule has 3 aromatic rings. The number of carbonyl (C=O) groups excluding carboxylic acids is 1. The van der Waals surface area contributed by atoms with E-state index in [1.807, 2.05) is 29.6 Å². The van der Waals surface area contributed by atoms with Crippen LogP contribution in [0.3, 0.4) is 0 Å². The molecule has 0 saturated carbocycles. The van der Waals surface area contributed by atoms with Gasteiger partial charge in [-0.05, 0) is 48.5 Å². The summed E-state index contributed by atoms with van der Waals surface area (Å²) in [4.78, 5) is 16.5. The minimum absolute atomic E-state index is 0.0312. The maximum Gasteiger partial charge on any atom is 0.257 e. The van der Waals surface area contributed by atoms with Crippen LogP contribution in [0.25, 0.3) is 11.3 Å². The average molecular weight is 403 g/mol. The maximum absolute atomic E-state index is 11.9. The average Bonchev–Trinajstić information content (AvgIpc) is 3.16. The summed E-state index contributed by atoms with van der Waals surface area (Å²) in [6, 6.07) is 14.7. The molecule has 0 radical (unpaired) electrons. The van der Waals surface area contributed by atoms with Crippen molar-refractivity contribution in [3.05, 3.63) is 63.9 Å². The van der Waals surface area contributed by atoms with Crippen molar-refractivity contribution in [1.29, 1.82) is 0 Å². The van der Waals surface area contributed by atoms with Gasteiger partial charge in [0.1, 0.15) is 11.5 Å². The number of rotatable bonds is 8. The summed E-state index contributed by atoms with van der Waals surface area (Å²) in [5.74, 6) is 1.26. The summed E-state index contributed by atoms with van der Waals surface area (Å²) < 4.78 is 10.6. The highest BCUT2D eigenvalue weighted by atomic mass is 35.5. The Morgan fingerprint density at radius 3 is 2.52 bits per heavy atom. The molecule has 140 valence electrons. The monoisotopic (exact) mass is 402 g/mol. The number of nitrogens with zero attached hydrogens (tertiary/aromatic N) is 1. The number of carbonyl (C=O) groups is 1. The lowest BCUT2D eigenvalue weighted by atomic mass is 10.2. The maximum atomic E-state index is 11.9. The molecule has 3 rings (SSSR count). The second-order valence-corrected chi connectivity index (χ2v) is 7.08. The van der Waals surface area contributed by atoms with Crippen LogP contribution < -0.4 is 14.8 Å². The third-order valence-corrected chi connectivity index (χ3v) is 4.94. The first-order valence-corrected chi connectivity index (χ1v) is 9.64. The van der Waals surface area contributed by atoms with E-state index in [9.17, 15) is 4.79 Å². The van der Waals surface area contributed by atoms with Crippen LogP contribution in [-0.4, -0.2) is 31.2 Å². The van der Waals surface area contributed by atoms with Crippen molar-refractivity contribution in [1.82, 2.24) is 10.3 Å². The van der Waals surface area contributed by atoms with E-state index in [2.05, 4.69) is 10.3 Å². The first kappa shape index (κ1) is 19.2. The van der Waals surface area contributed by atoms with Crippen molar-refractivity contribution in [3.63, 3.8) is 0 Å². The standard InChI is InChI=1S/C20H19ClN2O3S/c1-25-16-6-2-14(3-7-16)18-13-27-20(23-18)10-11-22-19(24)12-26-17-8-4-15(21)5-9-17/h2-9,13H,10-12H2,1H3,(H,22,24). The van der Waals surface area contributed by atoms with E-state index in [1.54, 1.807) is 42.7 Å². The molecular formula is C20H19ClN2O3S. The van der Waals surface area contributed by atoms with Crippen LogP contribution >= 0.6 is 22.9 Å². The zero-order chi connectivity index (χ0) is 19.1. The van der Waals surface area contributed by atoms with Gasteiger partial charge in [0.2, 0.25) is 0 Å². The van der Waals surface area contributed by atoms with Gasteiger partial charge in [-0.25, -0.2) is 4.98 Å². The van der Waals surface area contributed by atoms with E-state index in [4.69, 9.17) is 21.1 Å². The van der Waals surface area contributed by atoms with Crippen LogP contribution in [0.1, 0.15) is 5.01 Å². The van der Waals surface area contributed by atoms with E-state index in [1.165, 1.54) is 0 Å². The summed E-state index contributed by atoms with van der Waals surface area (Å²) in [7, 11) is 1.64. The van der Waals surface area contributed by atoms with Crippen molar-refractivity contribution in [3.8, 4) is 22.8 Å². The molecule has 0 aliphatic carbocycles. The number of benzene rings is 2. The molecule has 0 saturated heterocycles. The fourth-order valence-electron chi connectivity index (χ4n) is 2.36. The van der Waals surface area contributed by atoms with E-state index in [-0.39, 0.29) is 12.5 Å². The van der Waals surface area contributed by atoms with Gasteiger partial charge in [-0.3, -0.25) is 4.79 Å². The van der Waals surface area contributed by atoms with Crippen LogP contribution in [0.5, 0.6) is 11.5 Å². The third-order valence-electron chi connectivity index (χ3n) is 3.78. The van der Waals surface area contributed by atoms with Crippen molar-refractivity contribution in [2.24, 2.45) is 0 Å². The predicted molar refractivity (Wildman–Crippen MR) is 108 cm³/mol. The molecule has 5 nitrogen and oxygen atoms in total. The van der Waals surface area contributed by atoms with Gasteiger partial charge in [0.25, 0.3) is 5.91 Å². The molecular weight excluding hydrogens is 384 g/mol. The topological polar surface area (TPSA) is 60.5 Å². The lowest BCUT2D eigenvalue weighted by molar-refractivity contribution is -0.123. The summed E-state index contributed by atoms with van der Waals surface area (Å²) in [6.07, 6.45) is 0.674. The second-order valence-electron chi connectivity index (χ2n) is 5.70. The fraction of sp³-hybridized carbons (Fsp3) is 0.200. The number of nitrogens with one attached hydrogen (secondary N) is 1. The Hall–Kier alpha value is -2.57. The summed E-state index contributed by atoms with van der Waals surface area (Å²) in [5.41, 5.74) is 1.97. The second kappa shape index (κ2) is 9.39. The molecule has 1 amide bonds. The lowest BCUT2D eigenvalue weighted by Gasteiger charge is -2.07. The van der Waals surface area contributed by atoms with E-state index in [0.29, 0.717) is 23.7 Å². The third kappa shape index (κ3) is 5.70. The van der Waals surface area contributed by atoms with Crippen LogP contribution in [0.2, 0.25) is 5.02 Å². The zero-order valence-corrected chi connectivity index (χ0v) is 16.3. The minimum Gasteiger partial charge on any atom is -0.497 e. The highest BCUT2D eigenvalue weighted by Crippen LogP contribution is 2.24. The minimum atomic E-state index is -0.170. The lowest BCUT2D eigenvalue weighted by Crippen LogP contribution is -2.30. The van der Waals surface area contributed by atoms with Crippen LogP contribution in [0.15, 0.2) is 53.9 Å². The molecule has 0 aliphatic heterocycles. The van der Waals surface area contributed by atoms with E-state index in [0.717, 1.165) is 22.0 Å². The van der Waals surface area contributed by atoms with Gasteiger partial charge in [-0.1, -0.05) is 11.6 Å². The van der Waals surface area contributed by atoms with E-state index < -0.39 is 0 Å². The molecule has 0 atom stereocenters.